The van der Waals surface area contributed by atoms with Crippen LogP contribution in [-0.4, -0.2) is 30.5 Å². The van der Waals surface area contributed by atoms with E-state index in [0.29, 0.717) is 12.0 Å². The molecule has 0 saturated heterocycles. The molecular formula is C16H23F2GeNO2. The van der Waals surface area contributed by atoms with E-state index >= 15 is 0 Å². The van der Waals surface area contributed by atoms with Crippen molar-refractivity contribution in [2.75, 3.05) is 0 Å². The summed E-state index contributed by atoms with van der Waals surface area (Å²) >= 11 is -2.10. The Morgan fingerprint density at radius 2 is 1.86 bits per heavy atom. The summed E-state index contributed by atoms with van der Waals surface area (Å²) in [5.74, 6) is 0.170. The number of alkyl halides is 2. The van der Waals surface area contributed by atoms with Crippen molar-refractivity contribution in [2.24, 2.45) is 5.16 Å². The zero-order chi connectivity index (χ0) is 16.2. The molecule has 1 aromatic rings. The summed E-state index contributed by atoms with van der Waals surface area (Å²) in [7, 11) is 0. The Morgan fingerprint density at radius 3 is 2.45 bits per heavy atom. The molecule has 0 bridgehead atoms. The van der Waals surface area contributed by atoms with Gasteiger partial charge in [-0.25, -0.2) is 0 Å². The number of para-hydroxylation sites is 1. The predicted octanol–water partition coefficient (Wildman–Crippen LogP) is 4.83. The monoisotopic (exact) mass is 373 g/mol. The molecule has 6 heteroatoms. The van der Waals surface area contributed by atoms with Gasteiger partial charge in [0.05, 0.1) is 0 Å². The number of oxime groups is 1. The van der Waals surface area contributed by atoms with Gasteiger partial charge in [-0.15, -0.1) is 0 Å². The Balaban J connectivity index is 2.20. The summed E-state index contributed by atoms with van der Waals surface area (Å²) < 4.78 is 29.7. The van der Waals surface area contributed by atoms with Crippen molar-refractivity contribution in [1.82, 2.24) is 0 Å². The van der Waals surface area contributed by atoms with Crippen LogP contribution in [-0.2, 0) is 4.84 Å². The van der Waals surface area contributed by atoms with Crippen molar-refractivity contribution in [3.05, 3.63) is 29.8 Å². The third kappa shape index (κ3) is 3.45. The molecule has 1 heterocycles. The van der Waals surface area contributed by atoms with E-state index in [0.717, 1.165) is 5.71 Å². The standard InChI is InChI=1S/C16H23F2GeNO2/c1-4-19(5-2,6-3)15-11-13(20-22-15)12-9-7-8-10-14(12)21-16(17)18/h7-10,15-16H,4-6,11H2,1-3H3. The van der Waals surface area contributed by atoms with Crippen LogP contribution >= 0.6 is 0 Å². The van der Waals surface area contributed by atoms with Gasteiger partial charge in [-0.05, 0) is 0 Å². The van der Waals surface area contributed by atoms with Crippen LogP contribution in [0.2, 0.25) is 15.8 Å². The summed E-state index contributed by atoms with van der Waals surface area (Å²) in [6.45, 7) is 3.88. The molecule has 0 aliphatic carbocycles. The molecule has 122 valence electrons. The Kier molecular flexibility index (Phi) is 5.83. The first-order chi connectivity index (χ1) is 10.6. The third-order valence-corrected chi connectivity index (χ3v) is 17.3. The SMILES string of the molecule is C[CH2][Ge]([CH2]C)([CH2]C)[CH]1CC(c2ccccc2OC(F)F)=NO1. The van der Waals surface area contributed by atoms with Gasteiger partial charge in [0.1, 0.15) is 0 Å². The van der Waals surface area contributed by atoms with Crippen LogP contribution < -0.4 is 4.74 Å². The van der Waals surface area contributed by atoms with Gasteiger partial charge in [0.15, 0.2) is 0 Å². The van der Waals surface area contributed by atoms with Crippen molar-refractivity contribution in [3.63, 3.8) is 0 Å². The van der Waals surface area contributed by atoms with E-state index in [1.54, 1.807) is 24.3 Å². The van der Waals surface area contributed by atoms with E-state index in [-0.39, 0.29) is 10.7 Å². The van der Waals surface area contributed by atoms with Crippen molar-refractivity contribution in [3.8, 4) is 5.75 Å². The van der Waals surface area contributed by atoms with Crippen molar-refractivity contribution < 1.29 is 18.4 Å². The van der Waals surface area contributed by atoms with Crippen molar-refractivity contribution in [2.45, 2.75) is 54.5 Å². The van der Waals surface area contributed by atoms with Crippen LogP contribution in [0.5, 0.6) is 5.75 Å². The van der Waals surface area contributed by atoms with E-state index < -0.39 is 19.9 Å². The minimum atomic E-state index is -2.83. The van der Waals surface area contributed by atoms with Gasteiger partial charge in [0.25, 0.3) is 0 Å². The summed E-state index contributed by atoms with van der Waals surface area (Å²) in [6, 6.07) is 6.80. The number of halogens is 2. The summed E-state index contributed by atoms with van der Waals surface area (Å²) in [5, 5.41) is 7.77. The van der Waals surface area contributed by atoms with Gasteiger partial charge in [0.2, 0.25) is 0 Å². The Labute approximate surface area is 133 Å². The fourth-order valence-corrected chi connectivity index (χ4v) is 11.1. The van der Waals surface area contributed by atoms with Gasteiger partial charge in [0, 0.05) is 0 Å². The van der Waals surface area contributed by atoms with E-state index in [9.17, 15) is 8.78 Å². The first-order valence-corrected chi connectivity index (χ1v) is 13.5. The number of benzene rings is 1. The zero-order valence-electron chi connectivity index (χ0n) is 13.3. The first-order valence-electron chi connectivity index (χ1n) is 7.83. The second-order valence-corrected chi connectivity index (χ2v) is 17.2. The average molecular weight is 372 g/mol. The van der Waals surface area contributed by atoms with E-state index in [4.69, 9.17) is 4.84 Å². The molecule has 0 radical (unpaired) electrons. The number of hydrogen-bond donors (Lipinski definition) is 0. The molecule has 0 fully saturated rings. The molecule has 22 heavy (non-hydrogen) atoms. The van der Waals surface area contributed by atoms with Crippen molar-refractivity contribution in [1.29, 1.82) is 0 Å². The Morgan fingerprint density at radius 1 is 1.23 bits per heavy atom. The number of hydrogen-bond acceptors (Lipinski definition) is 3. The topological polar surface area (TPSA) is 30.8 Å². The van der Waals surface area contributed by atoms with Gasteiger partial charge in [-0.1, -0.05) is 0 Å². The van der Waals surface area contributed by atoms with E-state index in [1.165, 1.54) is 15.8 Å². The van der Waals surface area contributed by atoms with E-state index in [2.05, 4.69) is 30.7 Å². The van der Waals surface area contributed by atoms with Crippen LogP contribution in [0.25, 0.3) is 0 Å². The summed E-state index contributed by atoms with van der Waals surface area (Å²) in [5.41, 5.74) is 1.34. The molecule has 1 aromatic carbocycles. The Bertz CT molecular complexity index is 524. The van der Waals surface area contributed by atoms with Crippen LogP contribution in [0.3, 0.4) is 0 Å². The molecule has 1 unspecified atom stereocenters. The van der Waals surface area contributed by atoms with Crippen molar-refractivity contribution >= 4 is 19.0 Å². The molecular weight excluding hydrogens is 349 g/mol. The number of nitrogens with zero attached hydrogens (tertiary/aromatic N) is 1. The van der Waals surface area contributed by atoms with Crippen LogP contribution in [0.1, 0.15) is 32.8 Å². The average Bonchev–Trinajstić information content (AvgIpc) is 3.00. The number of ether oxygens (including phenoxy) is 1. The zero-order valence-corrected chi connectivity index (χ0v) is 15.4. The Hall–Kier alpha value is -1.11. The second-order valence-electron chi connectivity index (χ2n) is 5.63. The fraction of sp³-hybridized carbons (Fsp3) is 0.562. The quantitative estimate of drug-likeness (QED) is 0.643. The van der Waals surface area contributed by atoms with Gasteiger partial charge >= 0.3 is 133 Å². The third-order valence-electron chi connectivity index (χ3n) is 4.88. The van der Waals surface area contributed by atoms with Gasteiger partial charge in [-0.2, -0.15) is 0 Å². The predicted molar refractivity (Wildman–Crippen MR) is 86.3 cm³/mol. The molecule has 0 N–H and O–H groups in total. The molecule has 0 aromatic heterocycles. The number of rotatable bonds is 7. The summed E-state index contributed by atoms with van der Waals surface area (Å²) in [6.07, 6.45) is 0.707. The van der Waals surface area contributed by atoms with Crippen LogP contribution in [0.4, 0.5) is 8.78 Å². The molecule has 0 spiro atoms. The maximum atomic E-state index is 12.5. The molecule has 1 aliphatic heterocycles. The van der Waals surface area contributed by atoms with E-state index in [1.807, 2.05) is 0 Å². The van der Waals surface area contributed by atoms with Gasteiger partial charge in [-0.3, -0.25) is 0 Å². The molecule has 3 nitrogen and oxygen atoms in total. The van der Waals surface area contributed by atoms with Gasteiger partial charge < -0.3 is 0 Å². The normalized spacial score (nSPS) is 18.3. The molecule has 2 rings (SSSR count). The fourth-order valence-electron chi connectivity index (χ4n) is 3.20. The molecule has 0 saturated carbocycles. The molecule has 0 amide bonds. The van der Waals surface area contributed by atoms with Crippen LogP contribution in [0, 0.1) is 0 Å². The maximum absolute atomic E-state index is 12.5. The molecule has 1 aliphatic rings. The van der Waals surface area contributed by atoms with Crippen LogP contribution in [0.15, 0.2) is 29.4 Å². The summed E-state index contributed by atoms with van der Waals surface area (Å²) in [4.78, 5) is 5.92. The first kappa shape index (κ1) is 17.2. The second kappa shape index (κ2) is 7.44. The molecule has 1 atom stereocenters. The minimum absolute atomic E-state index is 0.170.